The normalized spacial score (nSPS) is 13.7. The second-order valence-electron chi connectivity index (χ2n) is 6.58. The van der Waals surface area contributed by atoms with Crippen LogP contribution in [0.1, 0.15) is 16.1 Å². The van der Waals surface area contributed by atoms with Crippen molar-refractivity contribution in [3.63, 3.8) is 0 Å². The van der Waals surface area contributed by atoms with Crippen molar-refractivity contribution in [2.45, 2.75) is 6.92 Å². The van der Waals surface area contributed by atoms with Crippen molar-refractivity contribution in [1.82, 2.24) is 20.0 Å². The number of amides is 2. The maximum atomic E-state index is 14.0. The van der Waals surface area contributed by atoms with Crippen molar-refractivity contribution >= 4 is 23.4 Å². The van der Waals surface area contributed by atoms with Crippen molar-refractivity contribution in [2.75, 3.05) is 13.2 Å². The molecule has 0 saturated carbocycles. The third-order valence-corrected chi connectivity index (χ3v) is 4.64. The van der Waals surface area contributed by atoms with Gasteiger partial charge in [-0.15, -0.1) is 0 Å². The second-order valence-corrected chi connectivity index (χ2v) is 7.02. The Morgan fingerprint density at radius 1 is 1.21 bits per heavy atom. The smallest absolute Gasteiger partial charge is 0.276 e. The highest BCUT2D eigenvalue weighted by atomic mass is 35.5. The highest BCUT2D eigenvalue weighted by Crippen LogP contribution is 2.27. The molecule has 1 N–H and O–H groups in total. The quantitative estimate of drug-likeness (QED) is 0.736. The Morgan fingerprint density at radius 2 is 2.04 bits per heavy atom. The molecule has 0 radical (unpaired) electrons. The predicted molar refractivity (Wildman–Crippen MR) is 103 cm³/mol. The van der Waals surface area contributed by atoms with Crippen LogP contribution in [0.5, 0.6) is 0 Å². The molecule has 28 heavy (non-hydrogen) atoms. The number of hydrogen-bond donors (Lipinski definition) is 1. The molecule has 1 aliphatic rings. The molecule has 0 bridgehead atoms. The van der Waals surface area contributed by atoms with Gasteiger partial charge in [0, 0.05) is 10.6 Å². The number of carbonyl (C=O) groups is 2. The summed E-state index contributed by atoms with van der Waals surface area (Å²) in [6.45, 7) is 1.91. The number of benzene rings is 2. The lowest BCUT2D eigenvalue weighted by atomic mass is 10.1. The van der Waals surface area contributed by atoms with Gasteiger partial charge in [-0.25, -0.2) is 9.07 Å². The van der Waals surface area contributed by atoms with Gasteiger partial charge in [0.2, 0.25) is 5.91 Å². The van der Waals surface area contributed by atoms with Crippen LogP contribution >= 0.6 is 11.6 Å². The summed E-state index contributed by atoms with van der Waals surface area (Å²) in [4.78, 5) is 25.6. The molecular formula is C20H16ClFN4O2. The summed E-state index contributed by atoms with van der Waals surface area (Å²) in [5.74, 6) is -0.979. The number of halogens is 2. The molecule has 1 aliphatic heterocycles. The van der Waals surface area contributed by atoms with Gasteiger partial charge in [-0.3, -0.25) is 9.59 Å². The Bertz CT molecular complexity index is 1080. The molecule has 3 aromatic rings. The number of aromatic nitrogens is 2. The van der Waals surface area contributed by atoms with Crippen LogP contribution in [0, 0.1) is 12.7 Å². The molecule has 8 heteroatoms. The molecule has 1 fully saturated rings. The molecule has 0 aliphatic carbocycles. The van der Waals surface area contributed by atoms with Gasteiger partial charge in [0.15, 0.2) is 5.69 Å². The fourth-order valence-corrected chi connectivity index (χ4v) is 3.34. The van der Waals surface area contributed by atoms with Gasteiger partial charge in [-0.1, -0.05) is 17.7 Å². The van der Waals surface area contributed by atoms with E-state index in [1.165, 1.54) is 17.0 Å². The topological polar surface area (TPSA) is 67.2 Å². The lowest BCUT2D eigenvalue weighted by Gasteiger charge is -2.10. The highest BCUT2D eigenvalue weighted by Gasteiger charge is 2.27. The average Bonchev–Trinajstić information content (AvgIpc) is 3.27. The molecule has 0 spiro atoms. The Labute approximate surface area is 165 Å². The van der Waals surface area contributed by atoms with E-state index in [9.17, 15) is 14.0 Å². The predicted octanol–water partition coefficient (Wildman–Crippen LogP) is 3.17. The minimum Gasteiger partial charge on any atom is -0.337 e. The third-order valence-electron chi connectivity index (χ3n) is 4.41. The number of nitrogens with one attached hydrogen (secondary N) is 1. The SMILES string of the molecule is Cc1cc(F)cc(-c2cc(C(=O)N3CNC(=O)C3)nn2-c2cccc(Cl)c2)c1. The summed E-state index contributed by atoms with van der Waals surface area (Å²) >= 11 is 6.11. The first-order valence-electron chi connectivity index (χ1n) is 8.60. The zero-order valence-corrected chi connectivity index (χ0v) is 15.7. The van der Waals surface area contributed by atoms with E-state index in [-0.39, 0.29) is 36.5 Å². The first-order chi connectivity index (χ1) is 13.4. The Balaban J connectivity index is 1.84. The standard InChI is InChI=1S/C20H16ClFN4O2/c1-12-5-13(7-15(22)6-12)18-9-17(20(28)25-10-19(27)23-11-25)24-26(18)16-4-2-3-14(21)8-16/h2-9H,10-11H2,1H3,(H,23,27). The van der Waals surface area contributed by atoms with E-state index >= 15 is 0 Å². The first-order valence-corrected chi connectivity index (χ1v) is 8.98. The molecular weight excluding hydrogens is 383 g/mol. The van der Waals surface area contributed by atoms with Crippen molar-refractivity contribution in [2.24, 2.45) is 0 Å². The van der Waals surface area contributed by atoms with Crippen LogP contribution in [-0.2, 0) is 4.79 Å². The van der Waals surface area contributed by atoms with Crippen LogP contribution in [0.4, 0.5) is 4.39 Å². The maximum absolute atomic E-state index is 14.0. The molecule has 6 nitrogen and oxygen atoms in total. The lowest BCUT2D eigenvalue weighted by Crippen LogP contribution is -2.30. The summed E-state index contributed by atoms with van der Waals surface area (Å²) in [6.07, 6.45) is 0. The minimum atomic E-state index is -0.381. The van der Waals surface area contributed by atoms with Crippen LogP contribution in [-0.4, -0.2) is 39.7 Å². The number of rotatable bonds is 3. The molecule has 2 heterocycles. The molecule has 1 aromatic heterocycles. The van der Waals surface area contributed by atoms with E-state index in [1.807, 2.05) is 6.07 Å². The number of aryl methyl sites for hydroxylation is 1. The van der Waals surface area contributed by atoms with Crippen LogP contribution in [0.15, 0.2) is 48.5 Å². The lowest BCUT2D eigenvalue weighted by molar-refractivity contribution is -0.118. The second kappa shape index (κ2) is 7.09. The zero-order chi connectivity index (χ0) is 19.8. The van der Waals surface area contributed by atoms with Gasteiger partial charge in [-0.2, -0.15) is 5.10 Å². The van der Waals surface area contributed by atoms with E-state index in [4.69, 9.17) is 11.6 Å². The average molecular weight is 399 g/mol. The van der Waals surface area contributed by atoms with E-state index in [0.717, 1.165) is 5.56 Å². The molecule has 0 atom stereocenters. The summed E-state index contributed by atoms with van der Waals surface area (Å²) in [6, 6.07) is 13.2. The van der Waals surface area contributed by atoms with E-state index in [2.05, 4.69) is 10.4 Å². The zero-order valence-electron chi connectivity index (χ0n) is 14.9. The van der Waals surface area contributed by atoms with E-state index < -0.39 is 0 Å². The van der Waals surface area contributed by atoms with Crippen LogP contribution in [0.2, 0.25) is 5.02 Å². The summed E-state index contributed by atoms with van der Waals surface area (Å²) in [5.41, 5.74) is 2.68. The Kier molecular flexibility index (Phi) is 4.60. The number of nitrogens with zero attached hydrogens (tertiary/aromatic N) is 3. The van der Waals surface area contributed by atoms with E-state index in [0.29, 0.717) is 22.0 Å². The Hall–Kier alpha value is -3.19. The molecule has 2 aromatic carbocycles. The van der Waals surface area contributed by atoms with Crippen molar-refractivity contribution < 1.29 is 14.0 Å². The number of hydrogen-bond acceptors (Lipinski definition) is 3. The van der Waals surface area contributed by atoms with Crippen molar-refractivity contribution in [3.05, 3.63) is 70.6 Å². The van der Waals surface area contributed by atoms with Gasteiger partial charge >= 0.3 is 0 Å². The summed E-state index contributed by atoms with van der Waals surface area (Å²) in [7, 11) is 0. The van der Waals surface area contributed by atoms with Gasteiger partial charge in [-0.05, 0) is 55.0 Å². The fraction of sp³-hybridized carbons (Fsp3) is 0.150. The van der Waals surface area contributed by atoms with E-state index in [1.54, 1.807) is 41.9 Å². The summed E-state index contributed by atoms with van der Waals surface area (Å²) < 4.78 is 15.5. The molecule has 142 valence electrons. The maximum Gasteiger partial charge on any atom is 0.276 e. The minimum absolute atomic E-state index is 0.0166. The van der Waals surface area contributed by atoms with Crippen molar-refractivity contribution in [3.8, 4) is 16.9 Å². The van der Waals surface area contributed by atoms with Crippen molar-refractivity contribution in [1.29, 1.82) is 0 Å². The molecule has 2 amide bonds. The van der Waals surface area contributed by atoms with Crippen LogP contribution in [0.3, 0.4) is 0 Å². The van der Waals surface area contributed by atoms with Crippen LogP contribution < -0.4 is 5.32 Å². The first kappa shape index (κ1) is 18.2. The van der Waals surface area contributed by atoms with Gasteiger partial charge < -0.3 is 10.2 Å². The fourth-order valence-electron chi connectivity index (χ4n) is 3.15. The third kappa shape index (κ3) is 3.48. The van der Waals surface area contributed by atoms with Gasteiger partial charge in [0.05, 0.1) is 18.1 Å². The molecule has 1 saturated heterocycles. The largest absolute Gasteiger partial charge is 0.337 e. The monoisotopic (exact) mass is 398 g/mol. The van der Waals surface area contributed by atoms with Gasteiger partial charge in [0.25, 0.3) is 5.91 Å². The summed E-state index contributed by atoms with van der Waals surface area (Å²) in [5, 5.41) is 7.53. The van der Waals surface area contributed by atoms with Gasteiger partial charge in [0.1, 0.15) is 12.4 Å². The Morgan fingerprint density at radius 3 is 2.71 bits per heavy atom. The molecule has 4 rings (SSSR count). The van der Waals surface area contributed by atoms with Crippen LogP contribution in [0.25, 0.3) is 16.9 Å². The molecule has 0 unspecified atom stereocenters. The number of carbonyl (C=O) groups excluding carboxylic acids is 2. The highest BCUT2D eigenvalue weighted by molar-refractivity contribution is 6.30.